The molecule has 0 heterocycles. The summed E-state index contributed by atoms with van der Waals surface area (Å²) in [7, 11) is 0. The molecular weight excluding hydrogens is 961 g/mol. The van der Waals surface area contributed by atoms with Crippen LogP contribution >= 0.6 is 0 Å². The van der Waals surface area contributed by atoms with Crippen molar-refractivity contribution in [3.05, 3.63) is 36.5 Å². The Kier molecular flexibility index (Phi) is 65.1. The Morgan fingerprint density at radius 3 is 0.718 bits per heavy atom. The van der Waals surface area contributed by atoms with E-state index in [-0.39, 0.29) is 31.1 Å². The van der Waals surface area contributed by atoms with Crippen molar-refractivity contribution in [1.82, 2.24) is 0 Å². The summed E-state index contributed by atoms with van der Waals surface area (Å²) < 4.78 is 16.9. The van der Waals surface area contributed by atoms with Gasteiger partial charge in [-0.25, -0.2) is 0 Å². The molecule has 0 aromatic carbocycles. The van der Waals surface area contributed by atoms with Crippen molar-refractivity contribution in [3.63, 3.8) is 0 Å². The normalized spacial score (nSPS) is 12.2. The van der Waals surface area contributed by atoms with Crippen molar-refractivity contribution in [2.24, 2.45) is 0 Å². The molecule has 78 heavy (non-hydrogen) atoms. The van der Waals surface area contributed by atoms with E-state index in [1.807, 2.05) is 0 Å². The number of esters is 3. The van der Waals surface area contributed by atoms with E-state index in [2.05, 4.69) is 57.2 Å². The van der Waals surface area contributed by atoms with Crippen LogP contribution in [0.15, 0.2) is 36.5 Å². The minimum atomic E-state index is -0.770. The Bertz CT molecular complexity index is 1300. The lowest BCUT2D eigenvalue weighted by Gasteiger charge is -2.18. The molecule has 1 atom stereocenters. The third-order valence-corrected chi connectivity index (χ3v) is 15.9. The van der Waals surface area contributed by atoms with Gasteiger partial charge in [0, 0.05) is 19.3 Å². The molecule has 0 fully saturated rings. The minimum absolute atomic E-state index is 0.0687. The lowest BCUT2D eigenvalue weighted by atomic mass is 10.0. The Balaban J connectivity index is 4.04. The lowest BCUT2D eigenvalue weighted by Crippen LogP contribution is -2.30. The second kappa shape index (κ2) is 67.1. The Hall–Kier alpha value is -2.37. The van der Waals surface area contributed by atoms with Crippen LogP contribution in [0.2, 0.25) is 0 Å². The molecule has 0 rings (SSSR count). The smallest absolute Gasteiger partial charge is 0.306 e. The van der Waals surface area contributed by atoms with Gasteiger partial charge in [-0.3, -0.25) is 14.4 Å². The number of hydrogen-bond donors (Lipinski definition) is 0. The minimum Gasteiger partial charge on any atom is -0.462 e. The largest absolute Gasteiger partial charge is 0.462 e. The standard InChI is InChI=1S/C72H134O6/c1-4-7-10-13-16-18-20-22-24-26-28-30-32-34-35-36-38-39-41-43-45-47-49-51-53-56-59-62-65-71(74)77-68-69(67-76-70(73)64-61-58-55-15-12-9-6-3)78-72(75)66-63-60-57-54-52-50-48-46-44-42-40-37-33-31-29-27-25-23-21-19-17-14-11-8-5-2/h21,23,27,29,33,37,69H,4-20,22,24-26,28,30-32,34-36,38-68H2,1-3H3/b23-21-,29-27-,37-33-. The van der Waals surface area contributed by atoms with Gasteiger partial charge in [-0.1, -0.05) is 346 Å². The van der Waals surface area contributed by atoms with E-state index < -0.39 is 6.10 Å². The molecule has 0 saturated heterocycles. The van der Waals surface area contributed by atoms with Gasteiger partial charge in [-0.15, -0.1) is 0 Å². The monoisotopic (exact) mass is 1100 g/mol. The number of carbonyl (C=O) groups excluding carboxylic acids is 3. The first-order chi connectivity index (χ1) is 38.5. The van der Waals surface area contributed by atoms with Crippen LogP contribution in [0.3, 0.4) is 0 Å². The molecule has 0 bridgehead atoms. The maximum Gasteiger partial charge on any atom is 0.306 e. The Morgan fingerprint density at radius 2 is 0.462 bits per heavy atom. The number of hydrogen-bond acceptors (Lipinski definition) is 6. The molecule has 6 nitrogen and oxygen atoms in total. The molecule has 0 aliphatic heterocycles. The summed E-state index contributed by atoms with van der Waals surface area (Å²) in [5, 5.41) is 0. The summed E-state index contributed by atoms with van der Waals surface area (Å²) in [6.45, 7) is 6.65. The number of allylic oxidation sites excluding steroid dienone is 6. The SMILES string of the molecule is CCCCCCC/C=C\C/C=C\C/C=C\CCCCCCCCCCCCC(=O)OC(COC(=O)CCCCCCCCC)COC(=O)CCCCCCCCCCCCCCCCCCCCCCCCCCCCCC. The molecule has 0 aromatic heterocycles. The highest BCUT2D eigenvalue weighted by Crippen LogP contribution is 2.19. The van der Waals surface area contributed by atoms with Crippen LogP contribution in [-0.2, 0) is 28.6 Å². The summed E-state index contributed by atoms with van der Waals surface area (Å²) in [6, 6.07) is 0. The third-order valence-electron chi connectivity index (χ3n) is 15.9. The van der Waals surface area contributed by atoms with Crippen molar-refractivity contribution < 1.29 is 28.6 Å². The molecule has 6 heteroatoms. The highest BCUT2D eigenvalue weighted by Gasteiger charge is 2.19. The van der Waals surface area contributed by atoms with E-state index in [4.69, 9.17) is 14.2 Å². The summed E-state index contributed by atoms with van der Waals surface area (Å²) in [4.78, 5) is 38.2. The first-order valence-electron chi connectivity index (χ1n) is 35.0. The molecule has 0 aromatic rings. The first-order valence-corrected chi connectivity index (χ1v) is 35.0. The van der Waals surface area contributed by atoms with E-state index in [1.54, 1.807) is 0 Å². The fourth-order valence-electron chi connectivity index (χ4n) is 10.6. The van der Waals surface area contributed by atoms with Gasteiger partial charge in [-0.2, -0.15) is 0 Å². The summed E-state index contributed by atoms with van der Waals surface area (Å²) in [5.41, 5.74) is 0. The van der Waals surface area contributed by atoms with Crippen LogP contribution in [-0.4, -0.2) is 37.2 Å². The van der Waals surface area contributed by atoms with E-state index in [0.717, 1.165) is 70.6 Å². The average Bonchev–Trinajstić information content (AvgIpc) is 3.44. The maximum absolute atomic E-state index is 12.9. The van der Waals surface area contributed by atoms with Gasteiger partial charge >= 0.3 is 17.9 Å². The lowest BCUT2D eigenvalue weighted by molar-refractivity contribution is -0.167. The molecule has 0 aliphatic carbocycles. The zero-order chi connectivity index (χ0) is 56.4. The van der Waals surface area contributed by atoms with Gasteiger partial charge < -0.3 is 14.2 Å². The van der Waals surface area contributed by atoms with Crippen molar-refractivity contribution >= 4 is 17.9 Å². The van der Waals surface area contributed by atoms with Crippen molar-refractivity contribution in [2.45, 2.75) is 393 Å². The van der Waals surface area contributed by atoms with Crippen LogP contribution in [0, 0.1) is 0 Å². The van der Waals surface area contributed by atoms with Gasteiger partial charge in [0.2, 0.25) is 0 Å². The fraction of sp³-hybridized carbons (Fsp3) is 0.875. The van der Waals surface area contributed by atoms with E-state index in [0.29, 0.717) is 19.3 Å². The predicted octanol–water partition coefficient (Wildman–Crippen LogP) is 23.9. The number of rotatable bonds is 65. The second-order valence-electron chi connectivity index (χ2n) is 23.8. The molecule has 1 unspecified atom stereocenters. The zero-order valence-corrected chi connectivity index (χ0v) is 52.7. The van der Waals surface area contributed by atoms with Crippen LogP contribution < -0.4 is 0 Å². The summed E-state index contributed by atoms with van der Waals surface area (Å²) in [5.74, 6) is -0.855. The van der Waals surface area contributed by atoms with E-state index in [9.17, 15) is 14.4 Å². The average molecular weight is 1100 g/mol. The molecular formula is C72H134O6. The predicted molar refractivity (Wildman–Crippen MR) is 339 cm³/mol. The molecule has 0 saturated carbocycles. The molecule has 0 radical (unpaired) electrons. The maximum atomic E-state index is 12.9. The van der Waals surface area contributed by atoms with Gasteiger partial charge in [0.1, 0.15) is 13.2 Å². The summed E-state index contributed by atoms with van der Waals surface area (Å²) >= 11 is 0. The van der Waals surface area contributed by atoms with Crippen LogP contribution in [0.4, 0.5) is 0 Å². The van der Waals surface area contributed by atoms with Gasteiger partial charge in [-0.05, 0) is 57.8 Å². The molecule has 458 valence electrons. The van der Waals surface area contributed by atoms with E-state index >= 15 is 0 Å². The number of ether oxygens (including phenoxy) is 3. The third kappa shape index (κ3) is 64.5. The van der Waals surface area contributed by atoms with Gasteiger partial charge in [0.15, 0.2) is 6.10 Å². The van der Waals surface area contributed by atoms with E-state index in [1.165, 1.54) is 276 Å². The van der Waals surface area contributed by atoms with Crippen molar-refractivity contribution in [2.75, 3.05) is 13.2 Å². The topological polar surface area (TPSA) is 78.9 Å². The second-order valence-corrected chi connectivity index (χ2v) is 23.8. The molecule has 0 amide bonds. The summed E-state index contributed by atoms with van der Waals surface area (Å²) in [6.07, 6.45) is 83.5. The van der Waals surface area contributed by atoms with Gasteiger partial charge in [0.25, 0.3) is 0 Å². The molecule has 0 N–H and O–H groups in total. The highest BCUT2D eigenvalue weighted by molar-refractivity contribution is 5.71. The Labute approximate surface area is 486 Å². The Morgan fingerprint density at radius 1 is 0.256 bits per heavy atom. The quantitative estimate of drug-likeness (QED) is 0.0261. The zero-order valence-electron chi connectivity index (χ0n) is 52.7. The molecule has 0 spiro atoms. The fourth-order valence-corrected chi connectivity index (χ4v) is 10.6. The van der Waals surface area contributed by atoms with Crippen molar-refractivity contribution in [3.8, 4) is 0 Å². The number of unbranched alkanes of at least 4 members (excludes halogenated alkanes) is 48. The highest BCUT2D eigenvalue weighted by atomic mass is 16.6. The molecule has 0 aliphatic rings. The number of carbonyl (C=O) groups is 3. The van der Waals surface area contributed by atoms with Crippen LogP contribution in [0.5, 0.6) is 0 Å². The van der Waals surface area contributed by atoms with Crippen LogP contribution in [0.1, 0.15) is 387 Å². The van der Waals surface area contributed by atoms with Crippen LogP contribution in [0.25, 0.3) is 0 Å². The first kappa shape index (κ1) is 75.6. The van der Waals surface area contributed by atoms with Crippen molar-refractivity contribution in [1.29, 1.82) is 0 Å². The van der Waals surface area contributed by atoms with Gasteiger partial charge in [0.05, 0.1) is 0 Å².